The number of carbonyl (C=O) groups is 1. The van der Waals surface area contributed by atoms with E-state index in [1.54, 1.807) is 12.1 Å². The Morgan fingerprint density at radius 2 is 2.00 bits per heavy atom. The van der Waals surface area contributed by atoms with Crippen LogP contribution in [-0.4, -0.2) is 13.0 Å². The van der Waals surface area contributed by atoms with Crippen LogP contribution in [0.3, 0.4) is 0 Å². The van der Waals surface area contributed by atoms with Gasteiger partial charge in [0, 0.05) is 8.95 Å². The molecule has 2 aromatic rings. The molecule has 6 heteroatoms. The highest BCUT2D eigenvalue weighted by Crippen LogP contribution is 2.26. The summed E-state index contributed by atoms with van der Waals surface area (Å²) < 4.78 is 20.1. The number of benzene rings is 2. The normalized spacial score (nSPS) is 10.3. The summed E-state index contributed by atoms with van der Waals surface area (Å²) in [6.07, 6.45) is 0.0832. The Morgan fingerprint density at radius 3 is 2.67 bits per heavy atom. The number of ether oxygens (including phenoxy) is 1. The number of hydrogen-bond donors (Lipinski definition) is 1. The molecule has 0 fully saturated rings. The van der Waals surface area contributed by atoms with Crippen LogP contribution in [-0.2, 0) is 11.2 Å². The lowest BCUT2D eigenvalue weighted by molar-refractivity contribution is -0.115. The van der Waals surface area contributed by atoms with E-state index in [-0.39, 0.29) is 18.1 Å². The summed E-state index contributed by atoms with van der Waals surface area (Å²) >= 11 is 6.71. The van der Waals surface area contributed by atoms with E-state index in [1.165, 1.54) is 19.2 Å². The number of rotatable bonds is 4. The summed E-state index contributed by atoms with van der Waals surface area (Å²) in [6, 6.07) is 9.95. The molecule has 0 aliphatic rings. The molecule has 2 rings (SSSR count). The van der Waals surface area contributed by atoms with Gasteiger partial charge in [0.25, 0.3) is 0 Å². The van der Waals surface area contributed by atoms with Crippen molar-refractivity contribution in [3.63, 3.8) is 0 Å². The van der Waals surface area contributed by atoms with Gasteiger partial charge in [-0.25, -0.2) is 4.39 Å². The summed E-state index contributed by atoms with van der Waals surface area (Å²) in [5, 5.41) is 2.78. The fourth-order valence-electron chi connectivity index (χ4n) is 1.79. The van der Waals surface area contributed by atoms with Crippen LogP contribution < -0.4 is 10.1 Å². The van der Waals surface area contributed by atoms with Crippen LogP contribution in [0.4, 0.5) is 10.1 Å². The van der Waals surface area contributed by atoms with Gasteiger partial charge >= 0.3 is 0 Å². The quantitative estimate of drug-likeness (QED) is 0.794. The van der Waals surface area contributed by atoms with Crippen LogP contribution in [0, 0.1) is 5.82 Å². The van der Waals surface area contributed by atoms with E-state index >= 15 is 0 Å². The SMILES string of the molecule is COc1ccc(CC(=O)Nc2cc(Br)ccc2Br)cc1F. The van der Waals surface area contributed by atoms with Gasteiger partial charge in [-0.2, -0.15) is 0 Å². The first-order chi connectivity index (χ1) is 9.99. The number of halogens is 3. The fourth-order valence-corrected chi connectivity index (χ4v) is 2.50. The lowest BCUT2D eigenvalue weighted by atomic mass is 10.1. The minimum absolute atomic E-state index is 0.0832. The molecule has 110 valence electrons. The molecule has 0 radical (unpaired) electrons. The monoisotopic (exact) mass is 415 g/mol. The maximum atomic E-state index is 13.6. The standard InChI is InChI=1S/C15H12Br2FNO2/c1-21-14-5-2-9(6-12(14)18)7-15(20)19-13-8-10(16)3-4-11(13)17/h2-6,8H,7H2,1H3,(H,19,20). The molecule has 0 spiro atoms. The van der Waals surface area contributed by atoms with E-state index in [2.05, 4.69) is 37.2 Å². The molecule has 1 N–H and O–H groups in total. The predicted molar refractivity (Wildman–Crippen MR) is 87.1 cm³/mol. The summed E-state index contributed by atoms with van der Waals surface area (Å²) in [5.74, 6) is -0.543. The van der Waals surface area contributed by atoms with Crippen molar-refractivity contribution in [1.29, 1.82) is 0 Å². The van der Waals surface area contributed by atoms with Gasteiger partial charge < -0.3 is 10.1 Å². The first-order valence-electron chi connectivity index (χ1n) is 6.07. The zero-order valence-corrected chi connectivity index (χ0v) is 14.3. The van der Waals surface area contributed by atoms with Crippen molar-refractivity contribution in [2.75, 3.05) is 12.4 Å². The van der Waals surface area contributed by atoms with E-state index in [0.717, 1.165) is 8.95 Å². The zero-order valence-electron chi connectivity index (χ0n) is 11.1. The number of anilines is 1. The number of methoxy groups -OCH3 is 1. The van der Waals surface area contributed by atoms with Crippen LogP contribution in [0.2, 0.25) is 0 Å². The van der Waals surface area contributed by atoms with Crippen molar-refractivity contribution < 1.29 is 13.9 Å². The van der Waals surface area contributed by atoms with Gasteiger partial charge in [0.15, 0.2) is 11.6 Å². The van der Waals surface area contributed by atoms with Crippen LogP contribution in [0.15, 0.2) is 45.3 Å². The van der Waals surface area contributed by atoms with E-state index in [0.29, 0.717) is 11.3 Å². The molecule has 21 heavy (non-hydrogen) atoms. The molecule has 0 saturated heterocycles. The van der Waals surface area contributed by atoms with Crippen LogP contribution in [0.1, 0.15) is 5.56 Å². The average Bonchev–Trinajstić information content (AvgIpc) is 2.43. The topological polar surface area (TPSA) is 38.3 Å². The second-order valence-electron chi connectivity index (χ2n) is 4.32. The van der Waals surface area contributed by atoms with E-state index < -0.39 is 5.82 Å². The number of nitrogens with one attached hydrogen (secondary N) is 1. The van der Waals surface area contributed by atoms with Crippen molar-refractivity contribution in [3.8, 4) is 5.75 Å². The van der Waals surface area contributed by atoms with E-state index in [4.69, 9.17) is 4.74 Å². The van der Waals surface area contributed by atoms with Gasteiger partial charge in [0.2, 0.25) is 5.91 Å². The third kappa shape index (κ3) is 4.28. The number of carbonyl (C=O) groups excluding carboxylic acids is 1. The molecule has 0 unspecified atom stereocenters. The van der Waals surface area contributed by atoms with Gasteiger partial charge in [-0.05, 0) is 51.8 Å². The first-order valence-corrected chi connectivity index (χ1v) is 7.65. The Labute approximate surface area is 138 Å². The summed E-state index contributed by atoms with van der Waals surface area (Å²) in [5.41, 5.74) is 1.24. The third-order valence-corrected chi connectivity index (χ3v) is 3.97. The first kappa shape index (κ1) is 16.0. The highest BCUT2D eigenvalue weighted by molar-refractivity contribution is 9.11. The smallest absolute Gasteiger partial charge is 0.228 e. The highest BCUT2D eigenvalue weighted by atomic mass is 79.9. The molecule has 0 saturated carbocycles. The van der Waals surface area contributed by atoms with Crippen LogP contribution in [0.5, 0.6) is 5.75 Å². The molecular weight excluding hydrogens is 405 g/mol. The van der Waals surface area contributed by atoms with Crippen molar-refractivity contribution in [2.45, 2.75) is 6.42 Å². The molecule has 1 amide bonds. The second-order valence-corrected chi connectivity index (χ2v) is 6.09. The van der Waals surface area contributed by atoms with Gasteiger partial charge in [0.1, 0.15) is 0 Å². The Morgan fingerprint density at radius 1 is 1.24 bits per heavy atom. The average molecular weight is 417 g/mol. The third-order valence-electron chi connectivity index (χ3n) is 2.78. The summed E-state index contributed by atoms with van der Waals surface area (Å²) in [7, 11) is 1.40. The van der Waals surface area contributed by atoms with Gasteiger partial charge in [-0.15, -0.1) is 0 Å². The fraction of sp³-hybridized carbons (Fsp3) is 0.133. The molecule has 0 aliphatic heterocycles. The van der Waals surface area contributed by atoms with Crippen molar-refractivity contribution in [2.24, 2.45) is 0 Å². The Bertz CT molecular complexity index is 677. The zero-order chi connectivity index (χ0) is 15.4. The molecule has 0 aromatic heterocycles. The number of hydrogen-bond acceptors (Lipinski definition) is 2. The predicted octanol–water partition coefficient (Wildman–Crippen LogP) is 4.54. The Balaban J connectivity index is 2.08. The lowest BCUT2D eigenvalue weighted by Gasteiger charge is -2.09. The minimum Gasteiger partial charge on any atom is -0.494 e. The summed E-state index contributed by atoms with van der Waals surface area (Å²) in [4.78, 5) is 12.0. The maximum Gasteiger partial charge on any atom is 0.228 e. The molecule has 0 atom stereocenters. The van der Waals surface area contributed by atoms with Crippen molar-refractivity contribution in [3.05, 3.63) is 56.7 Å². The van der Waals surface area contributed by atoms with Gasteiger partial charge in [-0.3, -0.25) is 4.79 Å². The van der Waals surface area contributed by atoms with Gasteiger partial charge in [0.05, 0.1) is 19.2 Å². The Kier molecular flexibility index (Phi) is 5.36. The largest absolute Gasteiger partial charge is 0.494 e. The Hall–Kier alpha value is -1.40. The van der Waals surface area contributed by atoms with Gasteiger partial charge in [-0.1, -0.05) is 22.0 Å². The molecule has 0 bridgehead atoms. The van der Waals surface area contributed by atoms with E-state index in [1.807, 2.05) is 12.1 Å². The molecule has 3 nitrogen and oxygen atoms in total. The van der Waals surface area contributed by atoms with E-state index in [9.17, 15) is 9.18 Å². The van der Waals surface area contributed by atoms with Crippen LogP contribution in [0.25, 0.3) is 0 Å². The molecule has 0 heterocycles. The van der Waals surface area contributed by atoms with Crippen LogP contribution >= 0.6 is 31.9 Å². The number of amides is 1. The minimum atomic E-state index is -0.480. The second kappa shape index (κ2) is 7.04. The molecular formula is C15H12Br2FNO2. The van der Waals surface area contributed by atoms with Crippen molar-refractivity contribution >= 4 is 43.5 Å². The highest BCUT2D eigenvalue weighted by Gasteiger charge is 2.09. The lowest BCUT2D eigenvalue weighted by Crippen LogP contribution is -2.15. The molecule has 0 aliphatic carbocycles. The summed E-state index contributed by atoms with van der Waals surface area (Å²) in [6.45, 7) is 0. The molecule has 2 aromatic carbocycles. The maximum absolute atomic E-state index is 13.6. The van der Waals surface area contributed by atoms with Crippen molar-refractivity contribution in [1.82, 2.24) is 0 Å².